The van der Waals surface area contributed by atoms with E-state index >= 15 is 0 Å². The number of carbonyl (C=O) groups is 1. The summed E-state index contributed by atoms with van der Waals surface area (Å²) in [6, 6.07) is 16.8. The largest absolute Gasteiger partial charge is 0.494 e. The second-order valence-corrected chi connectivity index (χ2v) is 10.3. The first-order valence-electron chi connectivity index (χ1n) is 13.9. The van der Waals surface area contributed by atoms with Crippen LogP contribution in [0.1, 0.15) is 42.1 Å². The summed E-state index contributed by atoms with van der Waals surface area (Å²) in [7, 11) is 1.39. The first-order chi connectivity index (χ1) is 21.3. The van der Waals surface area contributed by atoms with Crippen LogP contribution in [-0.2, 0) is 4.74 Å². The van der Waals surface area contributed by atoms with Crippen molar-refractivity contribution in [3.05, 3.63) is 94.6 Å². The number of hydrogen-bond donors (Lipinski definition) is 1. The molecule has 2 aromatic heterocycles. The fourth-order valence-electron chi connectivity index (χ4n) is 5.38. The summed E-state index contributed by atoms with van der Waals surface area (Å²) >= 11 is 0. The molecule has 0 radical (unpaired) electrons. The molecule has 0 unspecified atom stereocenters. The SMILES string of the molecule is COc1cccc(Oc2ccc(-c3nn([C@H]4CCC[C@H](OC(=O)c5ccc([N+](=O)[O-])cc5)C4)c4ncnc(N)c34)cc2)c1F. The Balaban J connectivity index is 1.23. The van der Waals surface area contributed by atoms with Crippen LogP contribution < -0.4 is 15.2 Å². The number of fused-ring (bicyclic) bond motifs is 1. The van der Waals surface area contributed by atoms with Gasteiger partial charge in [-0.1, -0.05) is 6.07 Å². The molecule has 3 aromatic carbocycles. The highest BCUT2D eigenvalue weighted by Gasteiger charge is 2.30. The molecule has 5 aromatic rings. The van der Waals surface area contributed by atoms with Gasteiger partial charge in [-0.15, -0.1) is 0 Å². The van der Waals surface area contributed by atoms with E-state index in [1.807, 2.05) is 4.68 Å². The van der Waals surface area contributed by atoms with Gasteiger partial charge in [-0.25, -0.2) is 19.4 Å². The maximum Gasteiger partial charge on any atom is 0.338 e. The van der Waals surface area contributed by atoms with Gasteiger partial charge in [-0.2, -0.15) is 9.49 Å². The Hall–Kier alpha value is -5.59. The first kappa shape index (κ1) is 28.5. The number of ether oxygens (including phenoxy) is 3. The van der Waals surface area contributed by atoms with Crippen molar-refractivity contribution in [2.75, 3.05) is 12.8 Å². The predicted octanol–water partition coefficient (Wildman–Crippen LogP) is 6.26. The highest BCUT2D eigenvalue weighted by atomic mass is 19.1. The topological polar surface area (TPSA) is 158 Å². The molecule has 2 heterocycles. The average molecular weight is 599 g/mol. The number of anilines is 1. The fourth-order valence-corrected chi connectivity index (χ4v) is 5.38. The van der Waals surface area contributed by atoms with Crippen LogP contribution in [0.2, 0.25) is 0 Å². The summed E-state index contributed by atoms with van der Waals surface area (Å²) in [6.07, 6.45) is 3.74. The van der Waals surface area contributed by atoms with Crippen molar-refractivity contribution in [1.29, 1.82) is 0 Å². The lowest BCUT2D eigenvalue weighted by molar-refractivity contribution is -0.384. The third-order valence-electron chi connectivity index (χ3n) is 7.55. The molecule has 44 heavy (non-hydrogen) atoms. The van der Waals surface area contributed by atoms with Crippen molar-refractivity contribution in [2.24, 2.45) is 0 Å². The van der Waals surface area contributed by atoms with Crippen molar-refractivity contribution in [2.45, 2.75) is 37.8 Å². The molecule has 0 amide bonds. The van der Waals surface area contributed by atoms with Crippen molar-refractivity contribution in [3.63, 3.8) is 0 Å². The van der Waals surface area contributed by atoms with Gasteiger partial charge in [0.25, 0.3) is 5.69 Å². The number of halogens is 1. The van der Waals surface area contributed by atoms with Gasteiger partial charge < -0.3 is 19.9 Å². The molecule has 1 saturated carbocycles. The van der Waals surface area contributed by atoms with Gasteiger partial charge in [0.2, 0.25) is 5.82 Å². The monoisotopic (exact) mass is 598 g/mol. The Morgan fingerprint density at radius 1 is 1.05 bits per heavy atom. The molecule has 2 N–H and O–H groups in total. The maximum atomic E-state index is 14.6. The van der Waals surface area contributed by atoms with Crippen LogP contribution in [-0.4, -0.2) is 43.9 Å². The number of benzene rings is 3. The summed E-state index contributed by atoms with van der Waals surface area (Å²) < 4.78 is 33.0. The molecule has 12 nitrogen and oxygen atoms in total. The summed E-state index contributed by atoms with van der Waals surface area (Å²) in [4.78, 5) is 31.9. The Bertz CT molecular complexity index is 1840. The van der Waals surface area contributed by atoms with E-state index in [1.165, 1.54) is 49.8 Å². The molecule has 1 fully saturated rings. The van der Waals surface area contributed by atoms with E-state index in [1.54, 1.807) is 30.3 Å². The van der Waals surface area contributed by atoms with Gasteiger partial charge in [0.05, 0.1) is 29.0 Å². The quantitative estimate of drug-likeness (QED) is 0.123. The number of esters is 1. The Labute approximate surface area is 250 Å². The van der Waals surface area contributed by atoms with Gasteiger partial charge in [0, 0.05) is 24.1 Å². The molecule has 0 aliphatic heterocycles. The molecule has 2 atom stereocenters. The molecule has 0 spiro atoms. The zero-order valence-corrected chi connectivity index (χ0v) is 23.6. The van der Waals surface area contributed by atoms with E-state index in [4.69, 9.17) is 25.0 Å². The van der Waals surface area contributed by atoms with Crippen LogP contribution in [0.3, 0.4) is 0 Å². The minimum atomic E-state index is -0.599. The van der Waals surface area contributed by atoms with E-state index < -0.39 is 16.7 Å². The van der Waals surface area contributed by atoms with E-state index in [9.17, 15) is 19.3 Å². The molecule has 1 aliphatic rings. The smallest absolute Gasteiger partial charge is 0.338 e. The number of non-ortho nitro benzene ring substituents is 1. The minimum Gasteiger partial charge on any atom is -0.494 e. The Morgan fingerprint density at radius 2 is 1.80 bits per heavy atom. The molecule has 1 aliphatic carbocycles. The third kappa shape index (κ3) is 5.59. The molecular weight excluding hydrogens is 571 g/mol. The van der Waals surface area contributed by atoms with E-state index in [0.29, 0.717) is 35.3 Å². The van der Waals surface area contributed by atoms with Crippen molar-refractivity contribution >= 4 is 28.5 Å². The minimum absolute atomic E-state index is 0.0330. The summed E-state index contributed by atoms with van der Waals surface area (Å²) in [5, 5.41) is 16.4. The van der Waals surface area contributed by atoms with Gasteiger partial charge in [0.1, 0.15) is 29.7 Å². The van der Waals surface area contributed by atoms with Crippen LogP contribution in [0.4, 0.5) is 15.9 Å². The lowest BCUT2D eigenvalue weighted by atomic mass is 9.93. The van der Waals surface area contributed by atoms with Crippen LogP contribution in [0.15, 0.2) is 73.1 Å². The zero-order valence-electron chi connectivity index (χ0n) is 23.6. The zero-order chi connectivity index (χ0) is 30.8. The standard InChI is InChI=1S/C31H27FN6O6/c1-42-24-6-3-7-25(27(24)32)43-22-14-10-18(11-15-22)28-26-29(33)34-17-35-30(26)37(36-28)21-4-2-5-23(16-21)44-31(39)19-8-12-20(13-9-19)38(40)41/h3,6-15,17,21,23H,2,4-5,16H2,1H3,(H2,33,34,35)/t21-,23-/m0/s1. The summed E-state index contributed by atoms with van der Waals surface area (Å²) in [5.74, 6) is -0.341. The van der Waals surface area contributed by atoms with Crippen LogP contribution in [0.5, 0.6) is 17.2 Å². The van der Waals surface area contributed by atoms with Crippen LogP contribution in [0, 0.1) is 15.9 Å². The molecule has 224 valence electrons. The molecular formula is C31H27FN6O6. The lowest BCUT2D eigenvalue weighted by Gasteiger charge is -2.29. The molecule has 6 rings (SSSR count). The fraction of sp³-hybridized carbons (Fsp3) is 0.226. The highest BCUT2D eigenvalue weighted by Crippen LogP contribution is 2.38. The molecule has 0 saturated heterocycles. The number of nitrogens with zero attached hydrogens (tertiary/aromatic N) is 5. The van der Waals surface area contributed by atoms with Crippen LogP contribution >= 0.6 is 0 Å². The predicted molar refractivity (Wildman–Crippen MR) is 158 cm³/mol. The summed E-state index contributed by atoms with van der Waals surface area (Å²) in [6.45, 7) is 0. The third-order valence-corrected chi connectivity index (χ3v) is 7.55. The van der Waals surface area contributed by atoms with Crippen molar-refractivity contribution in [3.8, 4) is 28.5 Å². The lowest BCUT2D eigenvalue weighted by Crippen LogP contribution is -2.28. The van der Waals surface area contributed by atoms with E-state index in [-0.39, 0.29) is 40.7 Å². The number of nitrogens with two attached hydrogens (primary N) is 1. The molecule has 13 heteroatoms. The highest BCUT2D eigenvalue weighted by molar-refractivity contribution is 5.98. The van der Waals surface area contributed by atoms with Crippen molar-refractivity contribution in [1.82, 2.24) is 19.7 Å². The van der Waals surface area contributed by atoms with E-state index in [0.717, 1.165) is 18.4 Å². The normalized spacial score (nSPS) is 16.4. The first-order valence-corrected chi connectivity index (χ1v) is 13.9. The Morgan fingerprint density at radius 3 is 2.52 bits per heavy atom. The summed E-state index contributed by atoms with van der Waals surface area (Å²) in [5.41, 5.74) is 8.30. The number of hydrogen-bond acceptors (Lipinski definition) is 10. The van der Waals surface area contributed by atoms with Gasteiger partial charge in [0.15, 0.2) is 17.1 Å². The van der Waals surface area contributed by atoms with Gasteiger partial charge in [-0.3, -0.25) is 10.1 Å². The number of nitro benzene ring substituents is 1. The number of rotatable bonds is 8. The van der Waals surface area contributed by atoms with Gasteiger partial charge in [-0.05, 0) is 67.8 Å². The number of nitrogen functional groups attached to an aromatic ring is 1. The van der Waals surface area contributed by atoms with Gasteiger partial charge >= 0.3 is 5.97 Å². The number of methoxy groups -OCH3 is 1. The average Bonchev–Trinajstić information content (AvgIpc) is 3.44. The molecule has 0 bridgehead atoms. The number of aromatic nitrogens is 4. The van der Waals surface area contributed by atoms with Crippen molar-refractivity contribution < 1.29 is 28.3 Å². The van der Waals surface area contributed by atoms with E-state index in [2.05, 4.69) is 9.97 Å². The Kier molecular flexibility index (Phi) is 7.75. The number of carbonyl (C=O) groups excluding carboxylic acids is 1. The second-order valence-electron chi connectivity index (χ2n) is 10.3. The maximum absolute atomic E-state index is 14.6. The number of nitro groups is 1. The van der Waals surface area contributed by atoms with Crippen LogP contribution in [0.25, 0.3) is 22.3 Å². The second kappa shape index (κ2) is 12.0.